The molecule has 0 bridgehead atoms. The molecule has 1 fully saturated rings. The molecule has 0 saturated carbocycles. The summed E-state index contributed by atoms with van der Waals surface area (Å²) in [6.07, 6.45) is 4.51. The molecule has 33 heavy (non-hydrogen) atoms. The van der Waals surface area contributed by atoms with Crippen LogP contribution in [0.25, 0.3) is 11.1 Å². The highest BCUT2D eigenvalue weighted by Gasteiger charge is 2.16. The lowest BCUT2D eigenvalue weighted by molar-refractivity contribution is -0.136. The van der Waals surface area contributed by atoms with Crippen molar-refractivity contribution in [3.63, 3.8) is 0 Å². The molecular weight excluding hydrogens is 414 g/mol. The minimum absolute atomic E-state index is 0.0608. The normalized spacial score (nSPS) is 15.5. The highest BCUT2D eigenvalue weighted by molar-refractivity contribution is 5.71. The molecule has 4 rings (SSSR count). The van der Waals surface area contributed by atoms with E-state index in [-0.39, 0.29) is 6.42 Å². The van der Waals surface area contributed by atoms with E-state index in [0.29, 0.717) is 30.6 Å². The minimum Gasteiger partial charge on any atom is -0.489 e. The summed E-state index contributed by atoms with van der Waals surface area (Å²) in [7, 11) is 0. The maximum absolute atomic E-state index is 11.2. The zero-order chi connectivity index (χ0) is 23.0. The van der Waals surface area contributed by atoms with Gasteiger partial charge in [0.15, 0.2) is 0 Å². The lowest BCUT2D eigenvalue weighted by Gasteiger charge is -2.15. The van der Waals surface area contributed by atoms with Crippen LogP contribution in [0, 0.1) is 0 Å². The zero-order valence-corrected chi connectivity index (χ0v) is 18.8. The van der Waals surface area contributed by atoms with E-state index < -0.39 is 5.97 Å². The lowest BCUT2D eigenvalue weighted by atomic mass is 9.96. The zero-order valence-electron chi connectivity index (χ0n) is 18.8. The van der Waals surface area contributed by atoms with Gasteiger partial charge in [0.2, 0.25) is 0 Å². The Balaban J connectivity index is 1.58. The number of aryl methyl sites for hydroxylation is 1. The first-order valence-electron chi connectivity index (χ1n) is 11.6. The van der Waals surface area contributed by atoms with Crippen molar-refractivity contribution >= 4 is 5.97 Å². The third-order valence-corrected chi connectivity index (χ3v) is 6.04. The molecule has 5 heteroatoms. The van der Waals surface area contributed by atoms with Crippen LogP contribution >= 0.6 is 0 Å². The number of hydrogen-bond acceptors (Lipinski definition) is 4. The van der Waals surface area contributed by atoms with Crippen LogP contribution in [0.4, 0.5) is 0 Å². The third kappa shape index (κ3) is 6.44. The number of ether oxygens (including phenoxy) is 2. The molecule has 3 aromatic carbocycles. The number of benzene rings is 3. The molecule has 5 nitrogen and oxygen atoms in total. The summed E-state index contributed by atoms with van der Waals surface area (Å²) in [5.74, 6) is -0.263. The molecule has 1 saturated heterocycles. The van der Waals surface area contributed by atoms with E-state index in [9.17, 15) is 9.90 Å². The van der Waals surface area contributed by atoms with E-state index in [1.807, 2.05) is 30.3 Å². The number of carboxylic acids is 1. The Kier molecular flexibility index (Phi) is 7.76. The first-order chi connectivity index (χ1) is 16.1. The van der Waals surface area contributed by atoms with Gasteiger partial charge in [-0.1, -0.05) is 48.5 Å². The summed E-state index contributed by atoms with van der Waals surface area (Å²) in [6, 6.07) is 22.2. The second kappa shape index (κ2) is 11.1. The van der Waals surface area contributed by atoms with E-state index in [1.165, 1.54) is 5.56 Å². The average molecular weight is 446 g/mol. The molecule has 0 aromatic heterocycles. The Morgan fingerprint density at radius 3 is 2.61 bits per heavy atom. The van der Waals surface area contributed by atoms with Gasteiger partial charge < -0.3 is 20.3 Å². The fourth-order valence-corrected chi connectivity index (χ4v) is 4.35. The van der Waals surface area contributed by atoms with Gasteiger partial charge in [0.05, 0.1) is 12.5 Å². The summed E-state index contributed by atoms with van der Waals surface area (Å²) in [5.41, 5.74) is 12.2. The Bertz CT molecular complexity index is 1090. The summed E-state index contributed by atoms with van der Waals surface area (Å²) < 4.78 is 11.9. The average Bonchev–Trinajstić information content (AvgIpc) is 3.36. The number of carbonyl (C=O) groups is 1. The second-order valence-electron chi connectivity index (χ2n) is 8.58. The summed E-state index contributed by atoms with van der Waals surface area (Å²) >= 11 is 0. The smallest absolute Gasteiger partial charge is 0.307 e. The number of aliphatic carboxylic acids is 1. The molecule has 3 aromatic rings. The van der Waals surface area contributed by atoms with Crippen LogP contribution in [-0.2, 0) is 35.5 Å². The van der Waals surface area contributed by atoms with Crippen molar-refractivity contribution in [3.05, 3.63) is 89.0 Å². The number of nitrogens with two attached hydrogens (primary N) is 1. The van der Waals surface area contributed by atoms with Gasteiger partial charge >= 0.3 is 5.97 Å². The lowest BCUT2D eigenvalue weighted by Crippen LogP contribution is -2.07. The van der Waals surface area contributed by atoms with Gasteiger partial charge in [0, 0.05) is 18.7 Å². The van der Waals surface area contributed by atoms with Gasteiger partial charge in [0.1, 0.15) is 12.4 Å². The Morgan fingerprint density at radius 1 is 1.00 bits per heavy atom. The van der Waals surface area contributed by atoms with E-state index in [4.69, 9.17) is 15.2 Å². The summed E-state index contributed by atoms with van der Waals surface area (Å²) in [5, 5.41) is 9.19. The molecule has 0 spiro atoms. The van der Waals surface area contributed by atoms with E-state index >= 15 is 0 Å². The van der Waals surface area contributed by atoms with Crippen LogP contribution in [0.15, 0.2) is 66.7 Å². The fourth-order valence-electron chi connectivity index (χ4n) is 4.35. The maximum Gasteiger partial charge on any atom is 0.307 e. The van der Waals surface area contributed by atoms with Crippen molar-refractivity contribution < 1.29 is 19.4 Å². The van der Waals surface area contributed by atoms with Crippen LogP contribution in [0.1, 0.15) is 41.5 Å². The summed E-state index contributed by atoms with van der Waals surface area (Å²) in [4.78, 5) is 11.2. The highest BCUT2D eigenvalue weighted by atomic mass is 16.5. The SMILES string of the molecule is NCc1cccc(-c2cc(CC[C@@H]3CCCO3)cc(COc3ccccc3CC(=O)O)c2)c1. The summed E-state index contributed by atoms with van der Waals surface area (Å²) in [6.45, 7) is 1.74. The van der Waals surface area contributed by atoms with Crippen LogP contribution in [0.3, 0.4) is 0 Å². The third-order valence-electron chi connectivity index (χ3n) is 6.04. The first kappa shape index (κ1) is 23.0. The van der Waals surface area contributed by atoms with Gasteiger partial charge in [0.25, 0.3) is 0 Å². The number of hydrogen-bond donors (Lipinski definition) is 2. The van der Waals surface area contributed by atoms with Crippen molar-refractivity contribution in [2.24, 2.45) is 5.73 Å². The topological polar surface area (TPSA) is 81.8 Å². The molecule has 1 aliphatic heterocycles. The van der Waals surface area contributed by atoms with Crippen molar-refractivity contribution in [2.45, 2.75) is 51.4 Å². The molecule has 0 amide bonds. The standard InChI is InChI=1S/C28H31NO4/c29-18-21-5-3-7-23(15-21)25-14-20(10-11-26-8-4-12-32-26)13-22(16-25)19-33-27-9-2-1-6-24(27)17-28(30)31/h1-3,5-7,9,13-16,26H,4,8,10-12,17-19,29H2,(H,30,31)/t26-/m0/s1. The van der Waals surface area contributed by atoms with Gasteiger partial charge in [-0.25, -0.2) is 0 Å². The number of rotatable bonds is 10. The van der Waals surface area contributed by atoms with Crippen LogP contribution in [0.5, 0.6) is 5.75 Å². The van der Waals surface area contributed by atoms with Crippen molar-refractivity contribution in [2.75, 3.05) is 6.61 Å². The maximum atomic E-state index is 11.2. The molecule has 1 aliphatic rings. The van der Waals surface area contributed by atoms with Crippen molar-refractivity contribution in [1.29, 1.82) is 0 Å². The minimum atomic E-state index is -0.871. The predicted octanol–water partition coefficient (Wildman–Crippen LogP) is 5.13. The van der Waals surface area contributed by atoms with Gasteiger partial charge in [-0.05, 0) is 71.7 Å². The molecule has 0 radical (unpaired) electrons. The highest BCUT2D eigenvalue weighted by Crippen LogP contribution is 2.27. The number of para-hydroxylation sites is 1. The quantitative estimate of drug-likeness (QED) is 0.452. The predicted molar refractivity (Wildman–Crippen MR) is 129 cm³/mol. The first-order valence-corrected chi connectivity index (χ1v) is 11.6. The molecule has 172 valence electrons. The van der Waals surface area contributed by atoms with Crippen LogP contribution < -0.4 is 10.5 Å². The van der Waals surface area contributed by atoms with Crippen molar-refractivity contribution in [1.82, 2.24) is 0 Å². The van der Waals surface area contributed by atoms with Gasteiger partial charge in [-0.2, -0.15) is 0 Å². The van der Waals surface area contributed by atoms with Crippen molar-refractivity contribution in [3.8, 4) is 16.9 Å². The second-order valence-corrected chi connectivity index (χ2v) is 8.58. The van der Waals surface area contributed by atoms with E-state index in [2.05, 4.69) is 30.3 Å². The molecule has 0 unspecified atom stereocenters. The molecular formula is C28H31NO4. The molecule has 1 atom stereocenters. The van der Waals surface area contributed by atoms with Crippen LogP contribution in [0.2, 0.25) is 0 Å². The number of carboxylic acid groups (broad SMARTS) is 1. The largest absolute Gasteiger partial charge is 0.489 e. The molecule has 3 N–H and O–H groups in total. The van der Waals surface area contributed by atoms with Crippen LogP contribution in [-0.4, -0.2) is 23.8 Å². The Morgan fingerprint density at radius 2 is 1.82 bits per heavy atom. The van der Waals surface area contributed by atoms with Gasteiger partial charge in [-0.3, -0.25) is 4.79 Å². The van der Waals surface area contributed by atoms with E-state index in [0.717, 1.165) is 54.5 Å². The monoisotopic (exact) mass is 445 g/mol. The Hall–Kier alpha value is -3.15. The Labute approximate surface area is 195 Å². The van der Waals surface area contributed by atoms with E-state index in [1.54, 1.807) is 6.07 Å². The molecule has 1 heterocycles. The molecule has 0 aliphatic carbocycles. The van der Waals surface area contributed by atoms with Gasteiger partial charge in [-0.15, -0.1) is 0 Å². The fraction of sp³-hybridized carbons (Fsp3) is 0.321.